The minimum absolute atomic E-state index is 0.150. The summed E-state index contributed by atoms with van der Waals surface area (Å²) in [5.74, 6) is -1.41. The van der Waals surface area contributed by atoms with E-state index in [-0.39, 0.29) is 11.9 Å². The lowest BCUT2D eigenvalue weighted by atomic mass is 9.93. The zero-order valence-corrected chi connectivity index (χ0v) is 11.5. The zero-order chi connectivity index (χ0) is 13.9. The largest absolute Gasteiger partial charge is 0.481 e. The number of hydrogen-bond acceptors (Lipinski definition) is 3. The molecule has 1 amide bonds. The Kier molecular flexibility index (Phi) is 4.45. The van der Waals surface area contributed by atoms with Gasteiger partial charge in [0, 0.05) is 12.6 Å². The molecule has 19 heavy (non-hydrogen) atoms. The van der Waals surface area contributed by atoms with Gasteiger partial charge in [0.1, 0.15) is 5.60 Å². The SMILES string of the molecule is CC1(C(=O)NC2CCCCCC2C(=O)O)CCCO1. The summed E-state index contributed by atoms with van der Waals surface area (Å²) in [4.78, 5) is 23.6. The van der Waals surface area contributed by atoms with Gasteiger partial charge in [0.15, 0.2) is 0 Å². The molecular formula is C14H23NO4. The molecule has 5 nitrogen and oxygen atoms in total. The predicted octanol–water partition coefficient (Wildman–Crippen LogP) is 1.71. The molecule has 1 heterocycles. The van der Waals surface area contributed by atoms with E-state index < -0.39 is 17.5 Å². The Bertz CT molecular complexity index is 349. The third-order valence-electron chi connectivity index (χ3n) is 4.35. The maximum Gasteiger partial charge on any atom is 0.308 e. The Balaban J connectivity index is 2.02. The molecule has 5 heteroatoms. The fraction of sp³-hybridized carbons (Fsp3) is 0.857. The second-order valence-electron chi connectivity index (χ2n) is 5.85. The van der Waals surface area contributed by atoms with Gasteiger partial charge in [-0.25, -0.2) is 0 Å². The number of nitrogens with one attached hydrogen (secondary N) is 1. The number of carboxylic acid groups (broad SMARTS) is 1. The highest BCUT2D eigenvalue weighted by molar-refractivity contribution is 5.86. The average Bonchev–Trinajstić information content (AvgIpc) is 2.68. The molecule has 0 bridgehead atoms. The molecule has 1 saturated heterocycles. The first-order chi connectivity index (χ1) is 9.03. The highest BCUT2D eigenvalue weighted by Gasteiger charge is 2.40. The van der Waals surface area contributed by atoms with Crippen molar-refractivity contribution in [2.45, 2.75) is 63.5 Å². The van der Waals surface area contributed by atoms with Crippen LogP contribution in [0.15, 0.2) is 0 Å². The summed E-state index contributed by atoms with van der Waals surface area (Å²) in [6, 6.07) is -0.256. The molecule has 2 aliphatic rings. The molecule has 3 atom stereocenters. The quantitative estimate of drug-likeness (QED) is 0.765. The van der Waals surface area contributed by atoms with Crippen LogP contribution in [0.4, 0.5) is 0 Å². The summed E-state index contributed by atoms with van der Waals surface area (Å²) in [7, 11) is 0. The maximum absolute atomic E-state index is 12.3. The Morgan fingerprint density at radius 1 is 1.21 bits per heavy atom. The first-order valence-corrected chi connectivity index (χ1v) is 7.21. The zero-order valence-electron chi connectivity index (χ0n) is 11.5. The molecule has 3 unspecified atom stereocenters. The van der Waals surface area contributed by atoms with Crippen molar-refractivity contribution in [1.82, 2.24) is 5.32 Å². The number of hydrogen-bond donors (Lipinski definition) is 2. The molecule has 0 spiro atoms. The fourth-order valence-corrected chi connectivity index (χ4v) is 3.06. The number of carbonyl (C=O) groups excluding carboxylic acids is 1. The van der Waals surface area contributed by atoms with Crippen LogP contribution in [-0.2, 0) is 14.3 Å². The maximum atomic E-state index is 12.3. The summed E-state index contributed by atoms with van der Waals surface area (Å²) in [5.41, 5.74) is -0.768. The molecule has 1 aliphatic carbocycles. The Morgan fingerprint density at radius 2 is 1.95 bits per heavy atom. The van der Waals surface area contributed by atoms with Gasteiger partial charge in [-0.15, -0.1) is 0 Å². The minimum Gasteiger partial charge on any atom is -0.481 e. The lowest BCUT2D eigenvalue weighted by molar-refractivity contribution is -0.145. The Hall–Kier alpha value is -1.10. The highest BCUT2D eigenvalue weighted by atomic mass is 16.5. The summed E-state index contributed by atoms with van der Waals surface area (Å²) in [6.07, 6.45) is 5.95. The van der Waals surface area contributed by atoms with Gasteiger partial charge in [0.25, 0.3) is 5.91 Å². The van der Waals surface area contributed by atoms with E-state index in [1.807, 2.05) is 0 Å². The van der Waals surface area contributed by atoms with E-state index in [0.29, 0.717) is 19.4 Å². The third kappa shape index (κ3) is 3.26. The van der Waals surface area contributed by atoms with Crippen LogP contribution in [0.3, 0.4) is 0 Å². The molecule has 0 aromatic heterocycles. The second kappa shape index (κ2) is 5.90. The summed E-state index contributed by atoms with van der Waals surface area (Å²) in [5, 5.41) is 12.2. The van der Waals surface area contributed by atoms with Crippen LogP contribution >= 0.6 is 0 Å². The molecule has 0 aromatic carbocycles. The van der Waals surface area contributed by atoms with Crippen molar-refractivity contribution in [3.8, 4) is 0 Å². The third-order valence-corrected chi connectivity index (χ3v) is 4.35. The van der Waals surface area contributed by atoms with Crippen molar-refractivity contribution in [1.29, 1.82) is 0 Å². The van der Waals surface area contributed by atoms with Crippen LogP contribution in [0.5, 0.6) is 0 Å². The highest BCUT2D eigenvalue weighted by Crippen LogP contribution is 2.28. The van der Waals surface area contributed by atoms with Gasteiger partial charge >= 0.3 is 5.97 Å². The van der Waals surface area contributed by atoms with Crippen molar-refractivity contribution in [2.24, 2.45) is 5.92 Å². The van der Waals surface area contributed by atoms with Crippen molar-refractivity contribution in [3.05, 3.63) is 0 Å². The van der Waals surface area contributed by atoms with Gasteiger partial charge in [-0.3, -0.25) is 9.59 Å². The lowest BCUT2D eigenvalue weighted by Gasteiger charge is -2.28. The van der Waals surface area contributed by atoms with E-state index in [9.17, 15) is 14.7 Å². The first-order valence-electron chi connectivity index (χ1n) is 7.21. The molecule has 0 radical (unpaired) electrons. The van der Waals surface area contributed by atoms with E-state index >= 15 is 0 Å². The van der Waals surface area contributed by atoms with Gasteiger partial charge in [-0.1, -0.05) is 19.3 Å². The van der Waals surface area contributed by atoms with E-state index in [4.69, 9.17) is 4.74 Å². The number of rotatable bonds is 3. The van der Waals surface area contributed by atoms with Gasteiger partial charge in [-0.2, -0.15) is 0 Å². The molecule has 2 fully saturated rings. The van der Waals surface area contributed by atoms with E-state index in [1.54, 1.807) is 6.92 Å². The molecular weight excluding hydrogens is 246 g/mol. The van der Waals surface area contributed by atoms with Crippen LogP contribution in [0.2, 0.25) is 0 Å². The molecule has 108 valence electrons. The van der Waals surface area contributed by atoms with Gasteiger partial charge in [0.2, 0.25) is 0 Å². The van der Waals surface area contributed by atoms with Crippen LogP contribution in [0, 0.1) is 5.92 Å². The van der Waals surface area contributed by atoms with Gasteiger partial charge in [0.05, 0.1) is 5.92 Å². The van der Waals surface area contributed by atoms with Crippen LogP contribution in [0.1, 0.15) is 51.9 Å². The number of ether oxygens (including phenoxy) is 1. The van der Waals surface area contributed by atoms with Crippen LogP contribution in [-0.4, -0.2) is 35.2 Å². The van der Waals surface area contributed by atoms with Crippen molar-refractivity contribution < 1.29 is 19.4 Å². The lowest BCUT2D eigenvalue weighted by Crippen LogP contribution is -2.51. The monoisotopic (exact) mass is 269 g/mol. The van der Waals surface area contributed by atoms with Crippen LogP contribution < -0.4 is 5.32 Å². The van der Waals surface area contributed by atoms with Gasteiger partial charge in [-0.05, 0) is 32.6 Å². The summed E-state index contributed by atoms with van der Waals surface area (Å²) < 4.78 is 5.51. The number of aliphatic carboxylic acids is 1. The topological polar surface area (TPSA) is 75.6 Å². The Morgan fingerprint density at radius 3 is 2.58 bits per heavy atom. The second-order valence-corrected chi connectivity index (χ2v) is 5.85. The number of amides is 1. The fourth-order valence-electron chi connectivity index (χ4n) is 3.06. The molecule has 1 saturated carbocycles. The van der Waals surface area contributed by atoms with Gasteiger partial charge < -0.3 is 15.2 Å². The molecule has 0 aromatic rings. The molecule has 2 N–H and O–H groups in total. The standard InChI is InChI=1S/C14H23NO4/c1-14(8-5-9-19-14)13(18)15-11-7-4-2-3-6-10(11)12(16)17/h10-11H,2-9H2,1H3,(H,15,18)(H,16,17). The minimum atomic E-state index is -0.801. The predicted molar refractivity (Wildman–Crippen MR) is 69.7 cm³/mol. The Labute approximate surface area is 113 Å². The van der Waals surface area contributed by atoms with Crippen molar-refractivity contribution in [3.63, 3.8) is 0 Å². The van der Waals surface area contributed by atoms with Crippen molar-refractivity contribution in [2.75, 3.05) is 6.61 Å². The van der Waals surface area contributed by atoms with E-state index in [2.05, 4.69) is 5.32 Å². The van der Waals surface area contributed by atoms with E-state index in [0.717, 1.165) is 32.1 Å². The summed E-state index contributed by atoms with van der Waals surface area (Å²) >= 11 is 0. The molecule has 2 rings (SSSR count). The molecule has 1 aliphatic heterocycles. The van der Waals surface area contributed by atoms with Crippen molar-refractivity contribution >= 4 is 11.9 Å². The summed E-state index contributed by atoms with van der Waals surface area (Å²) in [6.45, 7) is 2.40. The first kappa shape index (κ1) is 14.3. The van der Waals surface area contributed by atoms with E-state index in [1.165, 1.54) is 0 Å². The van der Waals surface area contributed by atoms with Crippen LogP contribution in [0.25, 0.3) is 0 Å². The number of carbonyl (C=O) groups is 2. The average molecular weight is 269 g/mol. The number of carboxylic acids is 1. The normalized spacial score (nSPS) is 35.6. The smallest absolute Gasteiger partial charge is 0.308 e.